The summed E-state index contributed by atoms with van der Waals surface area (Å²) < 4.78 is 35.2. The number of benzene rings is 1. The van der Waals surface area contributed by atoms with Crippen LogP contribution < -0.4 is 9.46 Å². The zero-order valence-electron chi connectivity index (χ0n) is 15.9. The molecule has 0 radical (unpaired) electrons. The predicted octanol–water partition coefficient (Wildman–Crippen LogP) is 2.27. The number of nitrogens with zero attached hydrogens (tertiary/aromatic N) is 3. The highest BCUT2D eigenvalue weighted by Gasteiger charge is 2.25. The SMILES string of the molecule is Cc1ccc(-c2c(OCCO)nn(C)c2NS(=O)(=O)c2ccc(C)cn2)cc1. The van der Waals surface area contributed by atoms with Crippen LogP contribution in [0, 0.1) is 13.8 Å². The monoisotopic (exact) mass is 402 g/mol. The fourth-order valence-corrected chi connectivity index (χ4v) is 3.66. The first kappa shape index (κ1) is 19.8. The van der Waals surface area contributed by atoms with Gasteiger partial charge in [0.1, 0.15) is 12.4 Å². The predicted molar refractivity (Wildman–Crippen MR) is 106 cm³/mol. The smallest absolute Gasteiger partial charge is 0.280 e. The van der Waals surface area contributed by atoms with E-state index in [1.54, 1.807) is 13.1 Å². The summed E-state index contributed by atoms with van der Waals surface area (Å²) in [7, 11) is -2.31. The standard InChI is InChI=1S/C19H22N4O4S/c1-13-4-7-15(8-5-13)17-18(23(3)21-19(17)27-11-10-24)22-28(25,26)16-9-6-14(2)12-20-16/h4-9,12,22,24H,10-11H2,1-3H3. The van der Waals surface area contributed by atoms with Crippen LogP contribution in [0.2, 0.25) is 0 Å². The minimum atomic E-state index is -3.93. The number of rotatable bonds is 7. The highest BCUT2D eigenvalue weighted by atomic mass is 32.2. The molecule has 0 saturated carbocycles. The second kappa shape index (κ2) is 7.99. The van der Waals surface area contributed by atoms with Crippen molar-refractivity contribution in [1.82, 2.24) is 14.8 Å². The van der Waals surface area contributed by atoms with E-state index in [4.69, 9.17) is 9.84 Å². The Morgan fingerprint density at radius 2 is 1.79 bits per heavy atom. The number of pyridine rings is 1. The molecule has 0 aliphatic rings. The van der Waals surface area contributed by atoms with Crippen molar-refractivity contribution in [3.8, 4) is 17.0 Å². The van der Waals surface area contributed by atoms with Crippen molar-refractivity contribution in [3.63, 3.8) is 0 Å². The van der Waals surface area contributed by atoms with E-state index in [0.29, 0.717) is 5.56 Å². The molecule has 3 rings (SSSR count). The first-order valence-electron chi connectivity index (χ1n) is 8.65. The molecule has 28 heavy (non-hydrogen) atoms. The van der Waals surface area contributed by atoms with Crippen molar-refractivity contribution in [2.75, 3.05) is 17.9 Å². The molecule has 9 heteroatoms. The molecule has 1 aromatic carbocycles. The topological polar surface area (TPSA) is 106 Å². The Morgan fingerprint density at radius 1 is 1.11 bits per heavy atom. The summed E-state index contributed by atoms with van der Waals surface area (Å²) in [4.78, 5) is 4.00. The molecule has 3 aromatic rings. The lowest BCUT2D eigenvalue weighted by Gasteiger charge is -2.11. The lowest BCUT2D eigenvalue weighted by atomic mass is 10.1. The lowest BCUT2D eigenvalue weighted by Crippen LogP contribution is -2.17. The van der Waals surface area contributed by atoms with Gasteiger partial charge in [0, 0.05) is 13.2 Å². The Kier molecular flexibility index (Phi) is 5.66. The van der Waals surface area contributed by atoms with Gasteiger partial charge in [-0.05, 0) is 31.0 Å². The molecule has 8 nitrogen and oxygen atoms in total. The molecule has 0 fully saturated rings. The first-order chi connectivity index (χ1) is 13.3. The minimum Gasteiger partial charge on any atom is -0.474 e. The molecule has 0 spiro atoms. The molecule has 2 aromatic heterocycles. The molecule has 0 aliphatic heterocycles. The lowest BCUT2D eigenvalue weighted by molar-refractivity contribution is 0.196. The van der Waals surface area contributed by atoms with Crippen LogP contribution in [0.5, 0.6) is 5.88 Å². The summed E-state index contributed by atoms with van der Waals surface area (Å²) in [6.45, 7) is 3.65. The minimum absolute atomic E-state index is 0.0432. The maximum absolute atomic E-state index is 12.8. The average molecular weight is 402 g/mol. The van der Waals surface area contributed by atoms with E-state index in [2.05, 4.69) is 14.8 Å². The van der Waals surface area contributed by atoms with Gasteiger partial charge in [0.05, 0.1) is 12.2 Å². The number of aryl methyl sites for hydroxylation is 3. The summed E-state index contributed by atoms with van der Waals surface area (Å²) >= 11 is 0. The molecule has 0 amide bonds. The van der Waals surface area contributed by atoms with E-state index in [9.17, 15) is 8.42 Å². The van der Waals surface area contributed by atoms with Crippen LogP contribution >= 0.6 is 0 Å². The Morgan fingerprint density at radius 3 is 2.39 bits per heavy atom. The van der Waals surface area contributed by atoms with E-state index in [0.717, 1.165) is 16.7 Å². The number of sulfonamides is 1. The van der Waals surface area contributed by atoms with Crippen molar-refractivity contribution >= 4 is 15.8 Å². The second-order valence-electron chi connectivity index (χ2n) is 6.37. The van der Waals surface area contributed by atoms with Gasteiger partial charge in [-0.2, -0.15) is 8.42 Å². The van der Waals surface area contributed by atoms with E-state index >= 15 is 0 Å². The summed E-state index contributed by atoms with van der Waals surface area (Å²) in [5, 5.41) is 13.3. The van der Waals surface area contributed by atoms with Crippen LogP contribution in [0.1, 0.15) is 11.1 Å². The van der Waals surface area contributed by atoms with Gasteiger partial charge >= 0.3 is 0 Å². The third-order valence-corrected chi connectivity index (χ3v) is 5.33. The van der Waals surface area contributed by atoms with Crippen molar-refractivity contribution in [3.05, 3.63) is 53.7 Å². The van der Waals surface area contributed by atoms with Crippen LogP contribution in [0.4, 0.5) is 5.82 Å². The zero-order chi connectivity index (χ0) is 20.3. The third kappa shape index (κ3) is 4.15. The van der Waals surface area contributed by atoms with Crippen molar-refractivity contribution in [2.24, 2.45) is 7.05 Å². The molecule has 0 aliphatic carbocycles. The number of nitrogens with one attached hydrogen (secondary N) is 1. The van der Waals surface area contributed by atoms with E-state index in [1.807, 2.05) is 38.1 Å². The van der Waals surface area contributed by atoms with Gasteiger partial charge in [0.15, 0.2) is 5.03 Å². The Labute approximate surface area is 163 Å². The number of hydrogen-bond donors (Lipinski definition) is 2. The molecule has 0 unspecified atom stereocenters. The molecular weight excluding hydrogens is 380 g/mol. The van der Waals surface area contributed by atoms with Gasteiger partial charge in [-0.15, -0.1) is 5.10 Å². The van der Waals surface area contributed by atoms with Gasteiger partial charge in [-0.3, -0.25) is 4.72 Å². The zero-order valence-corrected chi connectivity index (χ0v) is 16.7. The van der Waals surface area contributed by atoms with E-state index in [-0.39, 0.29) is 29.9 Å². The van der Waals surface area contributed by atoms with Crippen molar-refractivity contribution in [2.45, 2.75) is 18.9 Å². The number of aromatic nitrogens is 3. The molecule has 2 heterocycles. The maximum atomic E-state index is 12.8. The fraction of sp³-hybridized carbons (Fsp3) is 0.263. The number of ether oxygens (including phenoxy) is 1. The Hall–Kier alpha value is -2.91. The number of hydrogen-bond acceptors (Lipinski definition) is 6. The summed E-state index contributed by atoms with van der Waals surface area (Å²) in [6.07, 6.45) is 1.49. The summed E-state index contributed by atoms with van der Waals surface area (Å²) in [6, 6.07) is 10.7. The Bertz CT molecular complexity index is 1060. The van der Waals surface area contributed by atoms with Gasteiger partial charge in [0.25, 0.3) is 10.0 Å². The van der Waals surface area contributed by atoms with E-state index < -0.39 is 10.0 Å². The van der Waals surface area contributed by atoms with Gasteiger partial charge in [0.2, 0.25) is 5.88 Å². The van der Waals surface area contributed by atoms with Gasteiger partial charge in [-0.25, -0.2) is 9.67 Å². The molecule has 0 atom stereocenters. The molecular formula is C19H22N4O4S. The fourth-order valence-electron chi connectivity index (χ4n) is 2.63. The Balaban J connectivity index is 2.08. The molecule has 148 valence electrons. The van der Waals surface area contributed by atoms with Crippen LogP contribution in [0.25, 0.3) is 11.1 Å². The molecule has 0 saturated heterocycles. The van der Waals surface area contributed by atoms with Crippen molar-refractivity contribution < 1.29 is 18.3 Å². The summed E-state index contributed by atoms with van der Waals surface area (Å²) in [5.41, 5.74) is 3.16. The number of aliphatic hydroxyl groups excluding tert-OH is 1. The summed E-state index contributed by atoms with van der Waals surface area (Å²) in [5.74, 6) is 0.481. The van der Waals surface area contributed by atoms with E-state index in [1.165, 1.54) is 16.9 Å². The van der Waals surface area contributed by atoms with Gasteiger partial charge < -0.3 is 9.84 Å². The van der Waals surface area contributed by atoms with Crippen LogP contribution in [0.15, 0.2) is 47.6 Å². The molecule has 2 N–H and O–H groups in total. The third-order valence-electron chi connectivity index (χ3n) is 4.08. The maximum Gasteiger partial charge on any atom is 0.280 e. The van der Waals surface area contributed by atoms with Crippen LogP contribution in [-0.2, 0) is 17.1 Å². The number of anilines is 1. The van der Waals surface area contributed by atoms with Crippen LogP contribution in [0.3, 0.4) is 0 Å². The van der Waals surface area contributed by atoms with Crippen LogP contribution in [-0.4, -0.2) is 41.5 Å². The normalized spacial score (nSPS) is 11.4. The quantitative estimate of drug-likeness (QED) is 0.628. The van der Waals surface area contributed by atoms with Gasteiger partial charge in [-0.1, -0.05) is 35.9 Å². The highest BCUT2D eigenvalue weighted by molar-refractivity contribution is 7.92. The van der Waals surface area contributed by atoms with Crippen molar-refractivity contribution in [1.29, 1.82) is 0 Å². The first-order valence-corrected chi connectivity index (χ1v) is 10.1. The average Bonchev–Trinajstić information content (AvgIpc) is 2.96. The number of aliphatic hydroxyl groups is 1. The highest BCUT2D eigenvalue weighted by Crippen LogP contribution is 2.37. The largest absolute Gasteiger partial charge is 0.474 e. The molecule has 0 bridgehead atoms. The second-order valence-corrected chi connectivity index (χ2v) is 8.00.